The highest BCUT2D eigenvalue weighted by Crippen LogP contribution is 2.24. The van der Waals surface area contributed by atoms with Gasteiger partial charge in [-0.05, 0) is 12.8 Å². The molecule has 0 unspecified atom stereocenters. The number of nitrogens with two attached hydrogens (primary N) is 1. The molecule has 1 heterocycles. The first-order valence-electron chi connectivity index (χ1n) is 3.82. The van der Waals surface area contributed by atoms with E-state index >= 15 is 0 Å². The van der Waals surface area contributed by atoms with Crippen LogP contribution in [0, 0.1) is 6.92 Å². The Labute approximate surface area is 77.0 Å². The summed E-state index contributed by atoms with van der Waals surface area (Å²) in [5.74, 6) is 0.569. The van der Waals surface area contributed by atoms with Gasteiger partial charge in [0.05, 0.1) is 0 Å². The predicted octanol–water partition coefficient (Wildman–Crippen LogP) is 2.14. The van der Waals surface area contributed by atoms with Crippen LogP contribution in [0.4, 0.5) is 5.95 Å². The van der Waals surface area contributed by atoms with Gasteiger partial charge in [0.25, 0.3) is 0 Å². The maximum absolute atomic E-state index is 5.90. The largest absolute Gasteiger partial charge is 0.368 e. The second-order valence-corrected chi connectivity index (χ2v) is 3.38. The first-order chi connectivity index (χ1) is 5.52. The summed E-state index contributed by atoms with van der Waals surface area (Å²) in [4.78, 5) is 7.93. The minimum atomic E-state index is 0.238. The molecule has 0 aliphatic carbocycles. The summed E-state index contributed by atoms with van der Waals surface area (Å²) in [6.07, 6.45) is 0. The molecule has 0 saturated carbocycles. The molecule has 1 aromatic rings. The van der Waals surface area contributed by atoms with Crippen molar-refractivity contribution >= 4 is 17.5 Å². The van der Waals surface area contributed by atoms with Gasteiger partial charge in [0, 0.05) is 11.3 Å². The average molecular weight is 186 g/mol. The molecule has 12 heavy (non-hydrogen) atoms. The van der Waals surface area contributed by atoms with Crippen LogP contribution in [-0.2, 0) is 0 Å². The van der Waals surface area contributed by atoms with Crippen LogP contribution in [0.1, 0.15) is 31.0 Å². The molecule has 0 radical (unpaired) electrons. The van der Waals surface area contributed by atoms with E-state index in [-0.39, 0.29) is 5.95 Å². The molecule has 0 aromatic carbocycles. The molecule has 0 amide bonds. The Morgan fingerprint density at radius 2 is 1.92 bits per heavy atom. The summed E-state index contributed by atoms with van der Waals surface area (Å²) in [5.41, 5.74) is 7.26. The molecule has 0 atom stereocenters. The van der Waals surface area contributed by atoms with Gasteiger partial charge in [-0.15, -0.1) is 0 Å². The molecular formula is C8H12ClN3. The van der Waals surface area contributed by atoms with Gasteiger partial charge in [-0.3, -0.25) is 0 Å². The predicted molar refractivity (Wildman–Crippen MR) is 50.3 cm³/mol. The second kappa shape index (κ2) is 3.27. The Bertz CT molecular complexity index is 273. The van der Waals surface area contributed by atoms with Gasteiger partial charge in [0.2, 0.25) is 5.95 Å². The fourth-order valence-electron chi connectivity index (χ4n) is 1.22. The first kappa shape index (κ1) is 9.26. The van der Waals surface area contributed by atoms with E-state index in [1.807, 2.05) is 20.8 Å². The molecule has 1 aromatic heterocycles. The van der Waals surface area contributed by atoms with E-state index in [1.54, 1.807) is 0 Å². The van der Waals surface area contributed by atoms with Gasteiger partial charge in [-0.1, -0.05) is 25.4 Å². The molecule has 0 aliphatic rings. The van der Waals surface area contributed by atoms with Crippen molar-refractivity contribution in [1.29, 1.82) is 0 Å². The van der Waals surface area contributed by atoms with Crippen molar-refractivity contribution in [3.63, 3.8) is 0 Å². The minimum Gasteiger partial charge on any atom is -0.368 e. The average Bonchev–Trinajstić information content (AvgIpc) is 1.82. The molecule has 66 valence electrons. The van der Waals surface area contributed by atoms with Crippen molar-refractivity contribution < 1.29 is 0 Å². The molecule has 2 N–H and O–H groups in total. The van der Waals surface area contributed by atoms with Crippen molar-refractivity contribution in [2.75, 3.05) is 5.73 Å². The molecule has 0 saturated heterocycles. The van der Waals surface area contributed by atoms with E-state index < -0.39 is 0 Å². The summed E-state index contributed by atoms with van der Waals surface area (Å²) < 4.78 is 0. The monoisotopic (exact) mass is 185 g/mol. The van der Waals surface area contributed by atoms with Crippen LogP contribution in [-0.4, -0.2) is 9.97 Å². The smallest absolute Gasteiger partial charge is 0.221 e. The Kier molecular flexibility index (Phi) is 2.52. The third-order valence-electron chi connectivity index (χ3n) is 1.68. The minimum absolute atomic E-state index is 0.238. The molecule has 4 heteroatoms. The zero-order valence-electron chi connectivity index (χ0n) is 7.43. The van der Waals surface area contributed by atoms with Crippen molar-refractivity contribution in [3.05, 3.63) is 16.4 Å². The number of halogens is 1. The van der Waals surface area contributed by atoms with E-state index in [0.29, 0.717) is 11.1 Å². The normalized spacial score (nSPS) is 10.8. The van der Waals surface area contributed by atoms with Crippen LogP contribution in [0.15, 0.2) is 0 Å². The van der Waals surface area contributed by atoms with Gasteiger partial charge in [0.1, 0.15) is 5.15 Å². The highest BCUT2D eigenvalue weighted by molar-refractivity contribution is 6.30. The quantitative estimate of drug-likeness (QED) is 0.683. The number of anilines is 1. The van der Waals surface area contributed by atoms with Crippen molar-refractivity contribution in [1.82, 2.24) is 9.97 Å². The summed E-state index contributed by atoms with van der Waals surface area (Å²) in [7, 11) is 0. The van der Waals surface area contributed by atoms with Gasteiger partial charge in [-0.25, -0.2) is 9.97 Å². The lowest BCUT2D eigenvalue weighted by atomic mass is 10.0. The van der Waals surface area contributed by atoms with Crippen LogP contribution in [0.5, 0.6) is 0 Å². The lowest BCUT2D eigenvalue weighted by molar-refractivity contribution is 0.832. The highest BCUT2D eigenvalue weighted by Gasteiger charge is 2.11. The number of nitrogen functional groups attached to an aromatic ring is 1. The molecule has 0 fully saturated rings. The van der Waals surface area contributed by atoms with Crippen LogP contribution < -0.4 is 5.73 Å². The zero-order chi connectivity index (χ0) is 9.30. The summed E-state index contributed by atoms with van der Waals surface area (Å²) in [6, 6.07) is 0. The van der Waals surface area contributed by atoms with E-state index in [1.165, 1.54) is 0 Å². The van der Waals surface area contributed by atoms with Gasteiger partial charge >= 0.3 is 0 Å². The Balaban J connectivity index is 3.28. The maximum Gasteiger partial charge on any atom is 0.221 e. The molecule has 1 rings (SSSR count). The van der Waals surface area contributed by atoms with Crippen LogP contribution in [0.2, 0.25) is 5.15 Å². The fourth-order valence-corrected chi connectivity index (χ4v) is 1.66. The summed E-state index contributed by atoms with van der Waals surface area (Å²) >= 11 is 5.90. The molecule has 0 aliphatic heterocycles. The van der Waals surface area contributed by atoms with Crippen molar-refractivity contribution in [2.24, 2.45) is 0 Å². The van der Waals surface area contributed by atoms with Gasteiger partial charge < -0.3 is 5.73 Å². The van der Waals surface area contributed by atoms with Crippen LogP contribution in [0.3, 0.4) is 0 Å². The first-order valence-corrected chi connectivity index (χ1v) is 4.19. The number of nitrogens with zero attached hydrogens (tertiary/aromatic N) is 2. The van der Waals surface area contributed by atoms with E-state index in [2.05, 4.69) is 9.97 Å². The van der Waals surface area contributed by atoms with Crippen LogP contribution >= 0.6 is 11.6 Å². The van der Waals surface area contributed by atoms with Gasteiger partial charge in [0.15, 0.2) is 0 Å². The van der Waals surface area contributed by atoms with Crippen LogP contribution in [0.25, 0.3) is 0 Å². The lowest BCUT2D eigenvalue weighted by Crippen LogP contribution is -2.03. The molecule has 0 bridgehead atoms. The standard InChI is InChI=1S/C8H12ClN3/c1-4(2)6-5(3)11-8(10)12-7(6)9/h4H,1-3H3,(H2,10,11,12). The third-order valence-corrected chi connectivity index (χ3v) is 1.97. The Hall–Kier alpha value is -0.830. The van der Waals surface area contributed by atoms with E-state index in [9.17, 15) is 0 Å². The molecular weight excluding hydrogens is 174 g/mol. The number of aromatic nitrogens is 2. The lowest BCUT2D eigenvalue weighted by Gasteiger charge is -2.10. The molecule has 3 nitrogen and oxygen atoms in total. The summed E-state index contributed by atoms with van der Waals surface area (Å²) in [5, 5.41) is 0.468. The Morgan fingerprint density at radius 1 is 1.33 bits per heavy atom. The number of hydrogen-bond donors (Lipinski definition) is 1. The van der Waals surface area contributed by atoms with Crippen molar-refractivity contribution in [2.45, 2.75) is 26.7 Å². The molecule has 0 spiro atoms. The number of hydrogen-bond acceptors (Lipinski definition) is 3. The SMILES string of the molecule is Cc1nc(N)nc(Cl)c1C(C)C. The van der Waals surface area contributed by atoms with Gasteiger partial charge in [-0.2, -0.15) is 0 Å². The Morgan fingerprint density at radius 3 is 2.33 bits per heavy atom. The zero-order valence-corrected chi connectivity index (χ0v) is 8.18. The summed E-state index contributed by atoms with van der Waals surface area (Å²) in [6.45, 7) is 5.99. The van der Waals surface area contributed by atoms with E-state index in [4.69, 9.17) is 17.3 Å². The number of aryl methyl sites for hydroxylation is 1. The highest BCUT2D eigenvalue weighted by atomic mass is 35.5. The topological polar surface area (TPSA) is 51.8 Å². The fraction of sp³-hybridized carbons (Fsp3) is 0.500. The third kappa shape index (κ3) is 1.67. The van der Waals surface area contributed by atoms with E-state index in [0.717, 1.165) is 11.3 Å². The second-order valence-electron chi connectivity index (χ2n) is 3.03. The number of rotatable bonds is 1. The maximum atomic E-state index is 5.90. The van der Waals surface area contributed by atoms with Crippen molar-refractivity contribution in [3.8, 4) is 0 Å².